The van der Waals surface area contributed by atoms with E-state index in [2.05, 4.69) is 47.5 Å². The largest absolute Gasteiger partial charge is 0.444 e. The van der Waals surface area contributed by atoms with Gasteiger partial charge in [0.05, 0.1) is 0 Å². The lowest BCUT2D eigenvalue weighted by molar-refractivity contribution is 0.0316. The predicted molar refractivity (Wildman–Crippen MR) is 95.7 cm³/mol. The van der Waals surface area contributed by atoms with Crippen LogP contribution < -0.4 is 5.32 Å². The molecule has 0 aromatic heterocycles. The Kier molecular flexibility index (Phi) is 4.86. The number of piperidine rings is 1. The number of alkyl carbamates (subject to hydrolysis) is 1. The van der Waals surface area contributed by atoms with Crippen molar-refractivity contribution in [3.05, 3.63) is 35.9 Å². The third-order valence-corrected chi connectivity index (χ3v) is 5.27. The molecule has 2 aliphatic rings. The lowest BCUT2D eigenvalue weighted by Gasteiger charge is -2.43. The summed E-state index contributed by atoms with van der Waals surface area (Å²) in [6, 6.07) is 11.9. The predicted octanol–water partition coefficient (Wildman–Crippen LogP) is 3.95. The number of benzene rings is 1. The highest BCUT2D eigenvalue weighted by molar-refractivity contribution is 5.68. The van der Waals surface area contributed by atoms with Gasteiger partial charge in [-0.05, 0) is 51.5 Å². The number of carbonyl (C=O) groups is 1. The Bertz CT molecular complexity index is 567. The van der Waals surface area contributed by atoms with Gasteiger partial charge in [0.25, 0.3) is 0 Å². The molecule has 1 aromatic carbocycles. The van der Waals surface area contributed by atoms with Crippen LogP contribution in [0.15, 0.2) is 30.3 Å². The molecule has 0 unspecified atom stereocenters. The van der Waals surface area contributed by atoms with Crippen molar-refractivity contribution in [3.63, 3.8) is 0 Å². The SMILES string of the molecule is C[C@@H]1C[C@@H](NC(=O)OC(C)(C)C)[C@H]2CC[C@@H]1N2Cc1ccccc1. The molecule has 4 heteroatoms. The van der Waals surface area contributed by atoms with E-state index >= 15 is 0 Å². The summed E-state index contributed by atoms with van der Waals surface area (Å²) in [4.78, 5) is 14.8. The van der Waals surface area contributed by atoms with Crippen LogP contribution in [0.3, 0.4) is 0 Å². The number of nitrogens with zero attached hydrogens (tertiary/aromatic N) is 1. The van der Waals surface area contributed by atoms with Gasteiger partial charge in [-0.15, -0.1) is 0 Å². The van der Waals surface area contributed by atoms with Gasteiger partial charge in [-0.3, -0.25) is 4.90 Å². The van der Waals surface area contributed by atoms with Crippen molar-refractivity contribution in [2.75, 3.05) is 0 Å². The van der Waals surface area contributed by atoms with Gasteiger partial charge in [0.15, 0.2) is 0 Å². The van der Waals surface area contributed by atoms with E-state index in [4.69, 9.17) is 4.74 Å². The molecule has 2 fully saturated rings. The number of nitrogens with one attached hydrogen (secondary N) is 1. The van der Waals surface area contributed by atoms with Crippen LogP contribution >= 0.6 is 0 Å². The van der Waals surface area contributed by atoms with E-state index < -0.39 is 5.60 Å². The van der Waals surface area contributed by atoms with Gasteiger partial charge in [-0.25, -0.2) is 4.79 Å². The standard InChI is InChI=1S/C20H30N2O2/c1-14-12-16(21-19(23)24-20(2,3)4)18-11-10-17(14)22(18)13-15-8-6-5-7-9-15/h5-9,14,16-18H,10-13H2,1-4H3,(H,21,23)/t14-,16-,17+,18-/m1/s1. The van der Waals surface area contributed by atoms with Crippen LogP contribution in [-0.2, 0) is 11.3 Å². The smallest absolute Gasteiger partial charge is 0.407 e. The first-order valence-corrected chi connectivity index (χ1v) is 9.12. The van der Waals surface area contributed by atoms with E-state index in [-0.39, 0.29) is 12.1 Å². The van der Waals surface area contributed by atoms with E-state index in [1.165, 1.54) is 12.0 Å². The number of carbonyl (C=O) groups excluding carboxylic acids is 1. The average molecular weight is 330 g/mol. The molecule has 0 spiro atoms. The van der Waals surface area contributed by atoms with Crippen LogP contribution in [0.4, 0.5) is 4.79 Å². The Morgan fingerprint density at radius 3 is 2.54 bits per heavy atom. The summed E-state index contributed by atoms with van der Waals surface area (Å²) in [6.45, 7) is 9.00. The van der Waals surface area contributed by atoms with Crippen molar-refractivity contribution >= 4 is 6.09 Å². The second-order valence-corrected chi connectivity index (χ2v) is 8.34. The van der Waals surface area contributed by atoms with E-state index in [1.807, 2.05) is 20.8 Å². The fourth-order valence-corrected chi connectivity index (χ4v) is 4.32. The molecule has 0 aliphatic carbocycles. The molecular weight excluding hydrogens is 300 g/mol. The van der Waals surface area contributed by atoms with Crippen LogP contribution in [0, 0.1) is 5.92 Å². The minimum Gasteiger partial charge on any atom is -0.444 e. The molecule has 4 nitrogen and oxygen atoms in total. The summed E-state index contributed by atoms with van der Waals surface area (Å²) in [5, 5.41) is 3.15. The Morgan fingerprint density at radius 1 is 1.21 bits per heavy atom. The lowest BCUT2D eigenvalue weighted by Crippen LogP contribution is -2.57. The maximum atomic E-state index is 12.2. The van der Waals surface area contributed by atoms with Crippen molar-refractivity contribution in [1.82, 2.24) is 10.2 Å². The molecule has 2 bridgehead atoms. The fourth-order valence-electron chi connectivity index (χ4n) is 4.32. The molecule has 0 radical (unpaired) electrons. The highest BCUT2D eigenvalue weighted by atomic mass is 16.6. The summed E-state index contributed by atoms with van der Waals surface area (Å²) >= 11 is 0. The number of hydrogen-bond donors (Lipinski definition) is 1. The number of ether oxygens (including phenoxy) is 1. The summed E-state index contributed by atoms with van der Waals surface area (Å²) in [5.74, 6) is 0.590. The van der Waals surface area contributed by atoms with Crippen LogP contribution in [0.2, 0.25) is 0 Å². The molecule has 0 saturated carbocycles. The maximum Gasteiger partial charge on any atom is 0.407 e. The maximum absolute atomic E-state index is 12.2. The molecular formula is C20H30N2O2. The van der Waals surface area contributed by atoms with Crippen molar-refractivity contribution in [3.8, 4) is 0 Å². The quantitative estimate of drug-likeness (QED) is 0.912. The van der Waals surface area contributed by atoms with Crippen LogP contribution in [0.25, 0.3) is 0 Å². The van der Waals surface area contributed by atoms with Crippen molar-refractivity contribution < 1.29 is 9.53 Å². The van der Waals surface area contributed by atoms with Crippen LogP contribution in [0.1, 0.15) is 52.5 Å². The molecule has 4 atom stereocenters. The third-order valence-electron chi connectivity index (χ3n) is 5.27. The second kappa shape index (κ2) is 6.75. The average Bonchev–Trinajstić information content (AvgIpc) is 2.81. The molecule has 24 heavy (non-hydrogen) atoms. The molecule has 132 valence electrons. The first-order valence-electron chi connectivity index (χ1n) is 9.12. The molecule has 3 rings (SSSR count). The zero-order chi connectivity index (χ0) is 17.3. The minimum absolute atomic E-state index is 0.178. The van der Waals surface area contributed by atoms with Gasteiger partial charge in [0.1, 0.15) is 5.60 Å². The van der Waals surface area contributed by atoms with Crippen molar-refractivity contribution in [2.45, 2.75) is 77.2 Å². The Hall–Kier alpha value is -1.55. The van der Waals surface area contributed by atoms with Crippen molar-refractivity contribution in [2.24, 2.45) is 5.92 Å². The third kappa shape index (κ3) is 3.92. The Labute approximate surface area is 145 Å². The zero-order valence-corrected chi connectivity index (χ0v) is 15.3. The van der Waals surface area contributed by atoms with Crippen LogP contribution in [-0.4, -0.2) is 34.7 Å². The topological polar surface area (TPSA) is 41.6 Å². The number of amides is 1. The van der Waals surface area contributed by atoms with Gasteiger partial charge in [-0.1, -0.05) is 37.3 Å². The Morgan fingerprint density at radius 2 is 1.88 bits per heavy atom. The normalized spacial score (nSPS) is 30.2. The lowest BCUT2D eigenvalue weighted by atomic mass is 9.88. The van der Waals surface area contributed by atoms with Gasteiger partial charge in [0.2, 0.25) is 0 Å². The molecule has 1 N–H and O–H groups in total. The first kappa shape index (κ1) is 17.3. The highest BCUT2D eigenvalue weighted by Gasteiger charge is 2.46. The summed E-state index contributed by atoms with van der Waals surface area (Å²) in [7, 11) is 0. The van der Waals surface area contributed by atoms with E-state index in [0.29, 0.717) is 18.0 Å². The molecule has 1 aromatic rings. The highest BCUT2D eigenvalue weighted by Crippen LogP contribution is 2.40. The fraction of sp³-hybridized carbons (Fsp3) is 0.650. The second-order valence-electron chi connectivity index (χ2n) is 8.34. The number of hydrogen-bond acceptors (Lipinski definition) is 3. The molecule has 1 amide bonds. The number of fused-ring (bicyclic) bond motifs is 2. The molecule has 2 heterocycles. The summed E-state index contributed by atoms with van der Waals surface area (Å²) in [5.41, 5.74) is 0.895. The monoisotopic (exact) mass is 330 g/mol. The van der Waals surface area contributed by atoms with E-state index in [0.717, 1.165) is 19.4 Å². The zero-order valence-electron chi connectivity index (χ0n) is 15.3. The summed E-state index contributed by atoms with van der Waals surface area (Å²) in [6.07, 6.45) is 3.14. The van der Waals surface area contributed by atoms with Gasteiger partial charge in [0, 0.05) is 24.7 Å². The van der Waals surface area contributed by atoms with Gasteiger partial charge < -0.3 is 10.1 Å². The Balaban J connectivity index is 1.69. The minimum atomic E-state index is -0.452. The summed E-state index contributed by atoms with van der Waals surface area (Å²) < 4.78 is 5.47. The number of rotatable bonds is 3. The molecule has 2 aliphatic heterocycles. The van der Waals surface area contributed by atoms with Crippen LogP contribution in [0.5, 0.6) is 0 Å². The van der Waals surface area contributed by atoms with Gasteiger partial charge in [-0.2, -0.15) is 0 Å². The van der Waals surface area contributed by atoms with E-state index in [9.17, 15) is 4.79 Å². The molecule has 2 saturated heterocycles. The van der Waals surface area contributed by atoms with Gasteiger partial charge >= 0.3 is 6.09 Å². The van der Waals surface area contributed by atoms with E-state index in [1.54, 1.807) is 0 Å². The van der Waals surface area contributed by atoms with Crippen molar-refractivity contribution in [1.29, 1.82) is 0 Å². The first-order chi connectivity index (χ1) is 11.3.